The molecule has 0 saturated carbocycles. The molecule has 102 valence electrons. The van der Waals surface area contributed by atoms with Crippen molar-refractivity contribution in [3.63, 3.8) is 0 Å². The second-order valence-corrected chi connectivity index (χ2v) is 4.06. The molecular weight excluding hydrogens is 240 g/mol. The Balaban J connectivity index is 2.31. The van der Waals surface area contributed by atoms with E-state index in [1.54, 1.807) is 0 Å². The summed E-state index contributed by atoms with van der Waals surface area (Å²) < 4.78 is 4.77. The number of aliphatic hydroxyl groups is 1. The fourth-order valence-electron chi connectivity index (χ4n) is 1.33. The molecule has 0 aromatic heterocycles. The standard InChI is InChI=1S/C11H18N2O5/c1-2-3-10(16)13-7(5-14)11(17)12-4-8(15)9-6-18-9/h7,9,14H,2-6H2,1H3,(H,12,17)(H,13,16). The molecule has 18 heavy (non-hydrogen) atoms. The van der Waals surface area contributed by atoms with Crippen molar-refractivity contribution in [3.8, 4) is 0 Å². The van der Waals surface area contributed by atoms with Gasteiger partial charge in [0.2, 0.25) is 11.8 Å². The third-order valence-electron chi connectivity index (χ3n) is 2.44. The summed E-state index contributed by atoms with van der Waals surface area (Å²) in [6.07, 6.45) is 0.536. The highest BCUT2D eigenvalue weighted by Gasteiger charge is 2.31. The highest BCUT2D eigenvalue weighted by molar-refractivity contribution is 5.93. The van der Waals surface area contributed by atoms with Gasteiger partial charge in [-0.05, 0) is 6.42 Å². The first kappa shape index (κ1) is 14.6. The third kappa shape index (κ3) is 4.80. The highest BCUT2D eigenvalue weighted by Crippen LogP contribution is 2.08. The Morgan fingerprint density at radius 1 is 1.44 bits per heavy atom. The first-order chi connectivity index (χ1) is 8.58. The van der Waals surface area contributed by atoms with Gasteiger partial charge in [-0.3, -0.25) is 14.4 Å². The van der Waals surface area contributed by atoms with Crippen LogP contribution in [0.3, 0.4) is 0 Å². The van der Waals surface area contributed by atoms with Crippen LogP contribution < -0.4 is 10.6 Å². The number of hydrogen-bond donors (Lipinski definition) is 3. The molecule has 1 aliphatic heterocycles. The zero-order chi connectivity index (χ0) is 13.5. The van der Waals surface area contributed by atoms with Crippen molar-refractivity contribution < 1.29 is 24.2 Å². The van der Waals surface area contributed by atoms with Crippen LogP contribution in [0.15, 0.2) is 0 Å². The van der Waals surface area contributed by atoms with Crippen molar-refractivity contribution in [3.05, 3.63) is 0 Å². The van der Waals surface area contributed by atoms with Crippen LogP contribution in [-0.4, -0.2) is 54.6 Å². The maximum absolute atomic E-state index is 11.6. The average Bonchev–Trinajstić information content (AvgIpc) is 3.17. The van der Waals surface area contributed by atoms with Crippen LogP contribution in [0.1, 0.15) is 19.8 Å². The first-order valence-electron chi connectivity index (χ1n) is 5.90. The van der Waals surface area contributed by atoms with E-state index in [0.717, 1.165) is 0 Å². The van der Waals surface area contributed by atoms with Crippen molar-refractivity contribution in [1.29, 1.82) is 0 Å². The van der Waals surface area contributed by atoms with Crippen LogP contribution in [0.25, 0.3) is 0 Å². The van der Waals surface area contributed by atoms with E-state index in [-0.39, 0.29) is 18.2 Å². The van der Waals surface area contributed by atoms with Crippen LogP contribution in [0.4, 0.5) is 0 Å². The van der Waals surface area contributed by atoms with Gasteiger partial charge in [-0.15, -0.1) is 0 Å². The molecule has 3 N–H and O–H groups in total. The fourth-order valence-corrected chi connectivity index (χ4v) is 1.33. The summed E-state index contributed by atoms with van der Waals surface area (Å²) in [4.78, 5) is 34.1. The number of ketones is 1. The molecule has 7 heteroatoms. The smallest absolute Gasteiger partial charge is 0.245 e. The van der Waals surface area contributed by atoms with E-state index < -0.39 is 24.7 Å². The largest absolute Gasteiger partial charge is 0.394 e. The normalized spacial score (nSPS) is 18.9. The monoisotopic (exact) mass is 258 g/mol. The van der Waals surface area contributed by atoms with E-state index in [0.29, 0.717) is 19.4 Å². The molecule has 7 nitrogen and oxygen atoms in total. The fraction of sp³-hybridized carbons (Fsp3) is 0.727. The molecule has 2 amide bonds. The Morgan fingerprint density at radius 3 is 2.61 bits per heavy atom. The van der Waals surface area contributed by atoms with Crippen LogP contribution >= 0.6 is 0 Å². The Labute approximate surface area is 105 Å². The lowest BCUT2D eigenvalue weighted by Crippen LogP contribution is -2.50. The van der Waals surface area contributed by atoms with Crippen LogP contribution in [0, 0.1) is 0 Å². The van der Waals surface area contributed by atoms with Gasteiger partial charge in [0.1, 0.15) is 12.1 Å². The summed E-state index contributed by atoms with van der Waals surface area (Å²) in [5, 5.41) is 13.8. The zero-order valence-electron chi connectivity index (χ0n) is 10.3. The number of Topliss-reactive ketones (excluding diaryl/α,β-unsaturated/α-hetero) is 1. The number of ether oxygens (including phenoxy) is 1. The predicted molar refractivity (Wildman–Crippen MR) is 61.7 cm³/mol. The summed E-state index contributed by atoms with van der Waals surface area (Å²) in [7, 11) is 0. The molecular formula is C11H18N2O5. The van der Waals surface area contributed by atoms with Gasteiger partial charge in [-0.2, -0.15) is 0 Å². The number of nitrogens with one attached hydrogen (secondary N) is 2. The van der Waals surface area contributed by atoms with E-state index in [1.165, 1.54) is 0 Å². The van der Waals surface area contributed by atoms with Crippen LogP contribution in [0.2, 0.25) is 0 Å². The molecule has 2 unspecified atom stereocenters. The number of epoxide rings is 1. The number of carbonyl (C=O) groups excluding carboxylic acids is 3. The molecule has 1 fully saturated rings. The molecule has 0 aromatic rings. The lowest BCUT2D eigenvalue weighted by atomic mass is 10.2. The molecule has 0 aromatic carbocycles. The molecule has 1 aliphatic rings. The Hall–Kier alpha value is -1.47. The molecule has 2 atom stereocenters. The van der Waals surface area contributed by atoms with Crippen molar-refractivity contribution in [2.75, 3.05) is 19.8 Å². The lowest BCUT2D eigenvalue weighted by Gasteiger charge is -2.15. The Bertz CT molecular complexity index is 327. The Kier molecular flexibility index (Phi) is 5.73. The molecule has 0 bridgehead atoms. The summed E-state index contributed by atoms with van der Waals surface area (Å²) in [5.74, 6) is -1.08. The summed E-state index contributed by atoms with van der Waals surface area (Å²) in [6, 6.07) is -1.02. The van der Waals surface area contributed by atoms with E-state index >= 15 is 0 Å². The number of amides is 2. The summed E-state index contributed by atoms with van der Waals surface area (Å²) >= 11 is 0. The minimum Gasteiger partial charge on any atom is -0.394 e. The number of rotatable bonds is 8. The summed E-state index contributed by atoms with van der Waals surface area (Å²) in [6.45, 7) is 1.58. The SMILES string of the molecule is CCCC(=O)NC(CO)C(=O)NCC(=O)C1CO1. The minimum atomic E-state index is -1.02. The molecule has 1 heterocycles. The van der Waals surface area contributed by atoms with E-state index in [9.17, 15) is 14.4 Å². The van der Waals surface area contributed by atoms with Gasteiger partial charge in [-0.25, -0.2) is 0 Å². The van der Waals surface area contributed by atoms with Gasteiger partial charge in [0.25, 0.3) is 0 Å². The second-order valence-electron chi connectivity index (χ2n) is 4.06. The van der Waals surface area contributed by atoms with Crippen molar-refractivity contribution in [1.82, 2.24) is 10.6 Å². The van der Waals surface area contributed by atoms with Crippen molar-refractivity contribution in [2.24, 2.45) is 0 Å². The lowest BCUT2D eigenvalue weighted by molar-refractivity contribution is -0.131. The van der Waals surface area contributed by atoms with Gasteiger partial charge in [0.15, 0.2) is 5.78 Å². The van der Waals surface area contributed by atoms with Gasteiger partial charge >= 0.3 is 0 Å². The molecule has 1 rings (SSSR count). The summed E-state index contributed by atoms with van der Waals surface area (Å²) in [5.41, 5.74) is 0. The van der Waals surface area contributed by atoms with Gasteiger partial charge in [-0.1, -0.05) is 6.92 Å². The number of hydrogen-bond acceptors (Lipinski definition) is 5. The predicted octanol–water partition coefficient (Wildman–Crippen LogP) is -1.65. The van der Waals surface area contributed by atoms with E-state index in [2.05, 4.69) is 10.6 Å². The van der Waals surface area contributed by atoms with Gasteiger partial charge < -0.3 is 20.5 Å². The molecule has 0 spiro atoms. The Morgan fingerprint density at radius 2 is 2.11 bits per heavy atom. The number of carbonyl (C=O) groups is 3. The molecule has 0 radical (unpaired) electrons. The minimum absolute atomic E-state index is 0.149. The maximum atomic E-state index is 11.6. The van der Waals surface area contributed by atoms with Crippen molar-refractivity contribution in [2.45, 2.75) is 31.9 Å². The number of aliphatic hydroxyl groups excluding tert-OH is 1. The van der Waals surface area contributed by atoms with Crippen molar-refractivity contribution >= 4 is 17.6 Å². The molecule has 0 aliphatic carbocycles. The zero-order valence-corrected chi connectivity index (χ0v) is 10.3. The topological polar surface area (TPSA) is 108 Å². The third-order valence-corrected chi connectivity index (χ3v) is 2.44. The highest BCUT2D eigenvalue weighted by atomic mass is 16.6. The quantitative estimate of drug-likeness (QED) is 0.452. The second kappa shape index (κ2) is 7.07. The average molecular weight is 258 g/mol. The van der Waals surface area contributed by atoms with E-state index in [4.69, 9.17) is 9.84 Å². The van der Waals surface area contributed by atoms with Gasteiger partial charge in [0.05, 0.1) is 19.8 Å². The van der Waals surface area contributed by atoms with Crippen LogP contribution in [0.5, 0.6) is 0 Å². The maximum Gasteiger partial charge on any atom is 0.245 e. The first-order valence-corrected chi connectivity index (χ1v) is 5.90. The van der Waals surface area contributed by atoms with E-state index in [1.807, 2.05) is 6.92 Å². The van der Waals surface area contributed by atoms with Crippen LogP contribution in [-0.2, 0) is 19.1 Å². The van der Waals surface area contributed by atoms with Gasteiger partial charge in [0, 0.05) is 6.42 Å². The molecule has 1 saturated heterocycles.